The molecule has 3 aromatic rings. The Kier molecular flexibility index (Phi) is 4.99. The highest BCUT2D eigenvalue weighted by atomic mass is 127. The van der Waals surface area contributed by atoms with Crippen molar-refractivity contribution in [2.45, 2.75) is 6.92 Å². The van der Waals surface area contributed by atoms with Crippen LogP contribution in [0.2, 0.25) is 0 Å². The van der Waals surface area contributed by atoms with Crippen LogP contribution in [0.1, 0.15) is 6.92 Å². The molecular weight excluding hydrogens is 731 g/mol. The Bertz CT molecular complexity index is 1020. The molecule has 12 heteroatoms. The lowest BCUT2D eigenvalue weighted by Gasteiger charge is -2.11. The molecule has 3 rings (SSSR count). The van der Waals surface area contributed by atoms with Crippen LogP contribution in [0.25, 0.3) is 16.2 Å². The topological polar surface area (TPSA) is 63.4 Å². The Morgan fingerprint density at radius 1 is 1.05 bits per heavy atom. The molecule has 0 saturated carbocycles. The van der Waals surface area contributed by atoms with Gasteiger partial charge < -0.3 is 0 Å². The molecule has 0 saturated heterocycles. The van der Waals surface area contributed by atoms with E-state index >= 15 is 0 Å². The zero-order valence-electron chi connectivity index (χ0n) is 10.5. The van der Waals surface area contributed by atoms with E-state index < -0.39 is 0 Å². The van der Waals surface area contributed by atoms with E-state index in [-0.39, 0.29) is 5.62 Å². The minimum atomic E-state index is 0.201. The van der Waals surface area contributed by atoms with E-state index in [9.17, 15) is 0 Å². The van der Waals surface area contributed by atoms with Gasteiger partial charge in [-0.25, -0.2) is 23.3 Å². The number of hydrogen-bond acceptors (Lipinski definition) is 3. The second-order valence-electron chi connectivity index (χ2n) is 4.14. The van der Waals surface area contributed by atoms with E-state index in [4.69, 9.17) is 5.41 Å². The van der Waals surface area contributed by atoms with Gasteiger partial charge in [0.1, 0.15) is 22.1 Å². The molecule has 1 N–H and O–H groups in total. The molecule has 0 fully saturated rings. The molecule has 0 aromatic carbocycles. The summed E-state index contributed by atoms with van der Waals surface area (Å²) >= 11 is 19.5. The lowest BCUT2D eigenvalue weighted by Crippen LogP contribution is -2.28. The summed E-state index contributed by atoms with van der Waals surface area (Å²) in [6.07, 6.45) is 0. The second-order valence-corrected chi connectivity index (χ2v) is 9.36. The largest absolute Gasteiger partial charge is 0.268 e. The van der Waals surface area contributed by atoms with E-state index in [2.05, 4.69) is 112 Å². The van der Waals surface area contributed by atoms with Gasteiger partial charge in [-0.1, -0.05) is 15.9 Å². The number of hydrogen-bond donors (Lipinski definition) is 1. The number of nitrogens with one attached hydrogen (secondary N) is 1. The Labute approximate surface area is 179 Å². The van der Waals surface area contributed by atoms with Crippen molar-refractivity contribution in [3.05, 3.63) is 27.6 Å². The predicted molar refractivity (Wildman–Crippen MR) is 110 cm³/mol. The van der Waals surface area contributed by atoms with Crippen LogP contribution in [0.3, 0.4) is 0 Å². The van der Waals surface area contributed by atoms with Gasteiger partial charge in [-0.2, -0.15) is 0 Å². The van der Waals surface area contributed by atoms with Crippen molar-refractivity contribution in [3.63, 3.8) is 0 Å². The molecule has 6 nitrogen and oxygen atoms in total. The zero-order valence-corrected chi connectivity index (χ0v) is 20.6. The normalized spacial score (nSPS) is 13.2. The zero-order chi connectivity index (χ0) is 16.3. The molecule has 0 radical (unpaired) electrons. The third kappa shape index (κ3) is 2.52. The number of halogens is 6. The monoisotopic (exact) mass is 730 g/mol. The fraction of sp³-hybridized carbons (Fsp3) is 0.100. The Hall–Kier alpha value is 0.760. The first-order valence-electron chi connectivity index (χ1n) is 5.54. The molecule has 22 heavy (non-hydrogen) atoms. The van der Waals surface area contributed by atoms with Crippen molar-refractivity contribution < 1.29 is 0 Å². The molecule has 116 valence electrons. The van der Waals surface area contributed by atoms with Crippen molar-refractivity contribution in [2.75, 3.05) is 0 Å². The molecule has 0 atom stereocenters. The maximum absolute atomic E-state index is 8.56. The van der Waals surface area contributed by atoms with E-state index in [0.717, 1.165) is 8.18 Å². The molecule has 0 bridgehead atoms. The van der Waals surface area contributed by atoms with Gasteiger partial charge in [0, 0.05) is 4.48 Å². The fourth-order valence-corrected chi connectivity index (χ4v) is 4.07. The SMILES string of the molecule is C/C(Br)=C(/Br)n1c(=N)n2c(Br)c(Br)nc2n2c(I)c(Br)nc12. The van der Waals surface area contributed by atoms with Gasteiger partial charge in [-0.3, -0.25) is 5.41 Å². The van der Waals surface area contributed by atoms with Crippen molar-refractivity contribution in [1.29, 1.82) is 5.41 Å². The average Bonchev–Trinajstić information content (AvgIpc) is 2.89. The molecule has 0 spiro atoms. The smallest absolute Gasteiger partial charge is 0.226 e. The summed E-state index contributed by atoms with van der Waals surface area (Å²) in [4.78, 5) is 8.99. The first kappa shape index (κ1) is 17.6. The van der Waals surface area contributed by atoms with Gasteiger partial charge in [0.15, 0.2) is 0 Å². The van der Waals surface area contributed by atoms with Gasteiger partial charge >= 0.3 is 0 Å². The molecule has 0 amide bonds. The van der Waals surface area contributed by atoms with Crippen LogP contribution in [0.5, 0.6) is 0 Å². The average molecular weight is 735 g/mol. The van der Waals surface area contributed by atoms with Crippen molar-refractivity contribution in [2.24, 2.45) is 0 Å². The van der Waals surface area contributed by atoms with Crippen molar-refractivity contribution >= 4 is 118 Å². The summed E-state index contributed by atoms with van der Waals surface area (Å²) in [5, 5.41) is 8.56. The van der Waals surface area contributed by atoms with Crippen LogP contribution in [0, 0.1) is 9.11 Å². The highest BCUT2D eigenvalue weighted by molar-refractivity contribution is 14.1. The standard InChI is InChI=1S/C10H4Br5IN6/c1-2(11)5(14)20-8(17)21-6(15)3(12)18-9(21)22-7(16)4(13)19-10(20)22/h17H,1H3/b5-2+,17-8?. The summed E-state index contributed by atoms with van der Waals surface area (Å²) in [6.45, 7) is 1.89. The highest BCUT2D eigenvalue weighted by Gasteiger charge is 2.21. The van der Waals surface area contributed by atoms with Crippen LogP contribution < -0.4 is 5.62 Å². The van der Waals surface area contributed by atoms with E-state index in [1.807, 2.05) is 11.3 Å². The van der Waals surface area contributed by atoms with Crippen LogP contribution in [0.15, 0.2) is 18.3 Å². The van der Waals surface area contributed by atoms with E-state index in [0.29, 0.717) is 30.0 Å². The van der Waals surface area contributed by atoms with Gasteiger partial charge in [0.05, 0.1) is 0 Å². The maximum Gasteiger partial charge on any atom is 0.226 e. The number of allylic oxidation sites excluding steroid dienone is 1. The summed E-state index contributed by atoms with van der Waals surface area (Å²) in [6, 6.07) is 0. The van der Waals surface area contributed by atoms with Gasteiger partial charge in [0.25, 0.3) is 0 Å². The Balaban J connectivity index is 2.73. The van der Waals surface area contributed by atoms with E-state index in [1.54, 1.807) is 8.97 Å². The number of aromatic nitrogens is 5. The first-order chi connectivity index (χ1) is 10.3. The van der Waals surface area contributed by atoms with Crippen LogP contribution in [0.4, 0.5) is 0 Å². The minimum absolute atomic E-state index is 0.201. The Morgan fingerprint density at radius 2 is 1.64 bits per heavy atom. The van der Waals surface area contributed by atoms with E-state index in [1.165, 1.54) is 0 Å². The summed E-state index contributed by atoms with van der Waals surface area (Å²) in [7, 11) is 0. The fourth-order valence-electron chi connectivity index (χ4n) is 1.92. The second kappa shape index (κ2) is 6.24. The number of fused-ring (bicyclic) bond motifs is 3. The highest BCUT2D eigenvalue weighted by Crippen LogP contribution is 2.29. The van der Waals surface area contributed by atoms with Crippen LogP contribution in [-0.4, -0.2) is 23.3 Å². The lowest BCUT2D eigenvalue weighted by molar-refractivity contribution is 0.801. The summed E-state index contributed by atoms with van der Waals surface area (Å²) in [5.74, 6) is 1.16. The number of rotatable bonds is 1. The number of imidazole rings is 2. The number of nitrogens with zero attached hydrogens (tertiary/aromatic N) is 5. The molecule has 3 heterocycles. The quantitative estimate of drug-likeness (QED) is 0.355. The molecule has 0 aliphatic heterocycles. The van der Waals surface area contributed by atoms with Gasteiger partial charge in [0.2, 0.25) is 17.2 Å². The molecule has 0 aliphatic carbocycles. The van der Waals surface area contributed by atoms with Gasteiger partial charge in [-0.05, 0) is 93.2 Å². The van der Waals surface area contributed by atoms with Crippen molar-refractivity contribution in [1.82, 2.24) is 23.3 Å². The molecular formula is C10H4Br5IN6. The molecule has 0 unspecified atom stereocenters. The third-order valence-corrected chi connectivity index (χ3v) is 8.79. The third-order valence-electron chi connectivity index (χ3n) is 2.83. The predicted octanol–water partition coefficient (Wildman–Crippen LogP) is 5.09. The minimum Gasteiger partial charge on any atom is -0.268 e. The first-order valence-corrected chi connectivity index (χ1v) is 10.6. The maximum atomic E-state index is 8.56. The van der Waals surface area contributed by atoms with Gasteiger partial charge in [-0.15, -0.1) is 0 Å². The van der Waals surface area contributed by atoms with Crippen LogP contribution in [-0.2, 0) is 0 Å². The molecule has 3 aromatic heterocycles. The van der Waals surface area contributed by atoms with Crippen molar-refractivity contribution in [3.8, 4) is 0 Å². The summed E-state index contributed by atoms with van der Waals surface area (Å²) in [5.41, 5.74) is 0.201. The molecule has 0 aliphatic rings. The van der Waals surface area contributed by atoms with Crippen LogP contribution >= 0.6 is 102 Å². The lowest BCUT2D eigenvalue weighted by atomic mass is 10.6. The summed E-state index contributed by atoms with van der Waals surface area (Å²) < 4.78 is 9.61. The Morgan fingerprint density at radius 3 is 2.23 bits per heavy atom.